The summed E-state index contributed by atoms with van der Waals surface area (Å²) in [6.07, 6.45) is 0. The van der Waals surface area contributed by atoms with Gasteiger partial charge in [-0.3, -0.25) is 9.59 Å². The van der Waals surface area contributed by atoms with E-state index in [9.17, 15) is 19.8 Å². The summed E-state index contributed by atoms with van der Waals surface area (Å²) in [5.74, 6) is -1.83. The van der Waals surface area contributed by atoms with Gasteiger partial charge in [0.15, 0.2) is 0 Å². The van der Waals surface area contributed by atoms with Gasteiger partial charge < -0.3 is 20.8 Å². The number of benzene rings is 3. The predicted octanol–water partition coefficient (Wildman–Crippen LogP) is 2.83. The Bertz CT molecular complexity index is 937. The maximum absolute atomic E-state index is 12.1. The number of hydrogen-bond donors (Lipinski definition) is 4. The molecule has 0 atom stereocenters. The summed E-state index contributed by atoms with van der Waals surface area (Å²) in [5, 5.41) is 25.5. The standard InChI is InChI=1S/C18H14N2O4/c21-15-10-4-5-11-12(15)6-3-8-13(11)19-17(23)18(24)20-14-7-1-2-9-16(14)22/h1-10,21-22H,(H,19,23)(H,20,24). The van der Waals surface area contributed by atoms with E-state index in [-0.39, 0.29) is 17.2 Å². The van der Waals surface area contributed by atoms with Gasteiger partial charge in [-0.05, 0) is 24.3 Å². The molecule has 2 amide bonds. The molecule has 24 heavy (non-hydrogen) atoms. The number of phenols is 2. The molecule has 0 aliphatic heterocycles. The Hall–Kier alpha value is -3.54. The highest BCUT2D eigenvalue weighted by molar-refractivity contribution is 6.44. The summed E-state index contributed by atoms with van der Waals surface area (Å²) in [4.78, 5) is 24.1. The molecule has 120 valence electrons. The average molecular weight is 322 g/mol. The second-order valence-corrected chi connectivity index (χ2v) is 5.10. The lowest BCUT2D eigenvalue weighted by atomic mass is 10.1. The molecule has 0 saturated heterocycles. The van der Waals surface area contributed by atoms with Gasteiger partial charge in [0, 0.05) is 16.5 Å². The quantitative estimate of drug-likeness (QED) is 0.431. The van der Waals surface area contributed by atoms with Crippen LogP contribution in [-0.2, 0) is 9.59 Å². The summed E-state index contributed by atoms with van der Waals surface area (Å²) >= 11 is 0. The molecule has 0 saturated carbocycles. The minimum atomic E-state index is -0.909. The van der Waals surface area contributed by atoms with Gasteiger partial charge in [-0.15, -0.1) is 0 Å². The van der Waals surface area contributed by atoms with Crippen molar-refractivity contribution in [2.45, 2.75) is 0 Å². The van der Waals surface area contributed by atoms with Gasteiger partial charge in [-0.25, -0.2) is 0 Å². The maximum Gasteiger partial charge on any atom is 0.314 e. The number of amides is 2. The summed E-state index contributed by atoms with van der Waals surface area (Å²) in [7, 11) is 0. The number of hydrogen-bond acceptors (Lipinski definition) is 4. The molecule has 6 heteroatoms. The van der Waals surface area contributed by atoms with Crippen LogP contribution in [0.5, 0.6) is 11.5 Å². The van der Waals surface area contributed by atoms with Crippen LogP contribution in [-0.4, -0.2) is 22.0 Å². The number of para-hydroxylation sites is 2. The molecule has 4 N–H and O–H groups in total. The van der Waals surface area contributed by atoms with Gasteiger partial charge in [0.1, 0.15) is 11.5 Å². The van der Waals surface area contributed by atoms with Crippen LogP contribution in [0, 0.1) is 0 Å². The molecule has 0 bridgehead atoms. The van der Waals surface area contributed by atoms with Gasteiger partial charge in [-0.1, -0.05) is 36.4 Å². The van der Waals surface area contributed by atoms with Crippen molar-refractivity contribution in [1.29, 1.82) is 0 Å². The van der Waals surface area contributed by atoms with Crippen molar-refractivity contribution >= 4 is 34.0 Å². The van der Waals surface area contributed by atoms with E-state index in [0.29, 0.717) is 16.5 Å². The molecule has 0 aliphatic rings. The molecule has 0 radical (unpaired) electrons. The first-order chi connectivity index (χ1) is 11.6. The van der Waals surface area contributed by atoms with Crippen molar-refractivity contribution in [3.63, 3.8) is 0 Å². The minimum Gasteiger partial charge on any atom is -0.507 e. The number of anilines is 2. The molecule has 0 heterocycles. The van der Waals surface area contributed by atoms with Gasteiger partial charge >= 0.3 is 11.8 Å². The number of nitrogens with one attached hydrogen (secondary N) is 2. The Morgan fingerprint density at radius 1 is 0.625 bits per heavy atom. The monoisotopic (exact) mass is 322 g/mol. The normalized spacial score (nSPS) is 10.3. The van der Waals surface area contributed by atoms with Crippen molar-refractivity contribution in [3.8, 4) is 11.5 Å². The molecule has 3 aromatic rings. The van der Waals surface area contributed by atoms with E-state index < -0.39 is 11.8 Å². The zero-order valence-electron chi connectivity index (χ0n) is 12.5. The molecule has 3 aromatic carbocycles. The van der Waals surface area contributed by atoms with Crippen LogP contribution in [0.15, 0.2) is 60.7 Å². The first-order valence-electron chi connectivity index (χ1n) is 7.17. The van der Waals surface area contributed by atoms with Crippen LogP contribution in [0.3, 0.4) is 0 Å². The lowest BCUT2D eigenvalue weighted by Gasteiger charge is -2.10. The van der Waals surface area contributed by atoms with Crippen LogP contribution < -0.4 is 10.6 Å². The largest absolute Gasteiger partial charge is 0.507 e. The summed E-state index contributed by atoms with van der Waals surface area (Å²) in [6, 6.07) is 16.0. The van der Waals surface area contributed by atoms with Crippen LogP contribution in [0.25, 0.3) is 10.8 Å². The van der Waals surface area contributed by atoms with Gasteiger partial charge in [0.05, 0.1) is 5.69 Å². The average Bonchev–Trinajstić information content (AvgIpc) is 2.58. The first kappa shape index (κ1) is 15.4. The van der Waals surface area contributed by atoms with E-state index >= 15 is 0 Å². The lowest BCUT2D eigenvalue weighted by molar-refractivity contribution is -0.132. The molecule has 0 aliphatic carbocycles. The fourth-order valence-corrected chi connectivity index (χ4v) is 2.34. The summed E-state index contributed by atoms with van der Waals surface area (Å²) in [5.41, 5.74) is 0.550. The topological polar surface area (TPSA) is 98.7 Å². The Morgan fingerprint density at radius 3 is 1.92 bits per heavy atom. The van der Waals surface area contributed by atoms with E-state index in [1.54, 1.807) is 48.5 Å². The van der Waals surface area contributed by atoms with Gasteiger partial charge in [0.25, 0.3) is 0 Å². The first-order valence-corrected chi connectivity index (χ1v) is 7.17. The minimum absolute atomic E-state index is 0.0854. The molecule has 0 fully saturated rings. The Balaban J connectivity index is 1.81. The lowest BCUT2D eigenvalue weighted by Crippen LogP contribution is -2.29. The number of phenolic OH excluding ortho intramolecular Hbond substituents is 2. The fourth-order valence-electron chi connectivity index (χ4n) is 2.34. The van der Waals surface area contributed by atoms with Crippen LogP contribution in [0.4, 0.5) is 11.4 Å². The Kier molecular flexibility index (Phi) is 4.03. The maximum atomic E-state index is 12.1. The number of fused-ring (bicyclic) bond motifs is 1. The van der Waals surface area contributed by atoms with E-state index in [4.69, 9.17) is 0 Å². The highest BCUT2D eigenvalue weighted by Gasteiger charge is 2.16. The summed E-state index contributed by atoms with van der Waals surface area (Å²) < 4.78 is 0. The Morgan fingerprint density at radius 2 is 1.17 bits per heavy atom. The molecule has 0 aromatic heterocycles. The highest BCUT2D eigenvalue weighted by atomic mass is 16.3. The van der Waals surface area contributed by atoms with Crippen LogP contribution in [0.1, 0.15) is 0 Å². The molecule has 0 unspecified atom stereocenters. The second kappa shape index (κ2) is 6.29. The number of rotatable bonds is 2. The molecular formula is C18H14N2O4. The SMILES string of the molecule is O=C(Nc1ccccc1O)C(=O)Nc1cccc2c(O)cccc12. The van der Waals surface area contributed by atoms with Gasteiger partial charge in [-0.2, -0.15) is 0 Å². The van der Waals surface area contributed by atoms with Crippen molar-refractivity contribution in [1.82, 2.24) is 0 Å². The zero-order chi connectivity index (χ0) is 17.1. The molecule has 0 spiro atoms. The number of aromatic hydroxyl groups is 2. The van der Waals surface area contributed by atoms with E-state index in [1.807, 2.05) is 0 Å². The molecular weight excluding hydrogens is 308 g/mol. The highest BCUT2D eigenvalue weighted by Crippen LogP contribution is 2.29. The summed E-state index contributed by atoms with van der Waals surface area (Å²) in [6.45, 7) is 0. The fraction of sp³-hybridized carbons (Fsp3) is 0. The zero-order valence-corrected chi connectivity index (χ0v) is 12.5. The van der Waals surface area contributed by atoms with Crippen LogP contribution in [0.2, 0.25) is 0 Å². The van der Waals surface area contributed by atoms with E-state index in [2.05, 4.69) is 10.6 Å². The van der Waals surface area contributed by atoms with Crippen LogP contribution >= 0.6 is 0 Å². The third-order valence-corrected chi connectivity index (χ3v) is 3.51. The van der Waals surface area contributed by atoms with Crippen molar-refractivity contribution in [3.05, 3.63) is 60.7 Å². The second-order valence-electron chi connectivity index (χ2n) is 5.10. The van der Waals surface area contributed by atoms with Gasteiger partial charge in [0.2, 0.25) is 0 Å². The number of carbonyl (C=O) groups is 2. The van der Waals surface area contributed by atoms with E-state index in [1.165, 1.54) is 12.1 Å². The van der Waals surface area contributed by atoms with Crippen molar-refractivity contribution in [2.75, 3.05) is 10.6 Å². The van der Waals surface area contributed by atoms with E-state index in [0.717, 1.165) is 0 Å². The third kappa shape index (κ3) is 2.98. The smallest absolute Gasteiger partial charge is 0.314 e. The Labute approximate surface area is 137 Å². The molecule has 6 nitrogen and oxygen atoms in total. The molecule has 3 rings (SSSR count). The van der Waals surface area contributed by atoms with Crippen molar-refractivity contribution in [2.24, 2.45) is 0 Å². The van der Waals surface area contributed by atoms with Crippen molar-refractivity contribution < 1.29 is 19.8 Å². The third-order valence-electron chi connectivity index (χ3n) is 3.51. The predicted molar refractivity (Wildman–Crippen MR) is 91.0 cm³/mol. The number of carbonyl (C=O) groups excluding carboxylic acids is 2.